The summed E-state index contributed by atoms with van der Waals surface area (Å²) in [6, 6.07) is 8.12. The van der Waals surface area contributed by atoms with Gasteiger partial charge in [0.05, 0.1) is 30.2 Å². The Labute approximate surface area is 211 Å². The topological polar surface area (TPSA) is 80.5 Å². The molecule has 3 aromatic rings. The first-order chi connectivity index (χ1) is 17.0. The number of thioether (sulfide) groups is 1. The third-order valence-electron chi connectivity index (χ3n) is 7.11. The Morgan fingerprint density at radius 3 is 2.91 bits per heavy atom. The van der Waals surface area contributed by atoms with E-state index in [0.29, 0.717) is 5.92 Å². The number of likely N-dealkylation sites (tertiary alicyclic amines) is 1. The van der Waals surface area contributed by atoms with Gasteiger partial charge in [-0.05, 0) is 86.9 Å². The normalized spacial score (nSPS) is 18.7. The van der Waals surface area contributed by atoms with Crippen molar-refractivity contribution in [1.82, 2.24) is 19.4 Å². The molecule has 2 atom stereocenters. The molecule has 8 heteroatoms. The fourth-order valence-electron chi connectivity index (χ4n) is 5.23. The minimum atomic E-state index is -0.680. The van der Waals surface area contributed by atoms with Crippen LogP contribution in [0.15, 0.2) is 48.0 Å². The first-order valence-electron chi connectivity index (χ1n) is 12.5. The molecule has 4 rings (SSSR count). The molecule has 0 amide bonds. The molecule has 7 nitrogen and oxygen atoms in total. The molecule has 1 aliphatic heterocycles. The summed E-state index contributed by atoms with van der Waals surface area (Å²) in [5.41, 5.74) is 2.27. The molecule has 0 bridgehead atoms. The number of carbonyl (C=O) groups is 1. The molecule has 1 fully saturated rings. The lowest BCUT2D eigenvalue weighted by atomic mass is 9.80. The summed E-state index contributed by atoms with van der Waals surface area (Å²) in [6.45, 7) is 2.98. The van der Waals surface area contributed by atoms with E-state index in [1.807, 2.05) is 54.2 Å². The van der Waals surface area contributed by atoms with Crippen molar-refractivity contribution in [2.75, 3.05) is 32.5 Å². The first kappa shape index (κ1) is 25.5. The fourth-order valence-corrected chi connectivity index (χ4v) is 6.09. The molecule has 3 heterocycles. The fraction of sp³-hybridized carbons (Fsp3) is 0.519. The molecule has 1 N–H and O–H groups in total. The maximum absolute atomic E-state index is 11.6. The van der Waals surface area contributed by atoms with Crippen LogP contribution >= 0.6 is 11.8 Å². The Hall–Kier alpha value is -2.58. The lowest BCUT2D eigenvalue weighted by Gasteiger charge is -2.38. The lowest BCUT2D eigenvalue weighted by molar-refractivity contribution is -0.139. The number of hydrogen-bond donors (Lipinski definition) is 1. The van der Waals surface area contributed by atoms with Gasteiger partial charge in [-0.3, -0.25) is 9.78 Å². The Kier molecular flexibility index (Phi) is 9.04. The van der Waals surface area contributed by atoms with Crippen LogP contribution in [0, 0.1) is 11.8 Å². The molecule has 0 unspecified atom stereocenters. The number of piperidine rings is 1. The number of pyridine rings is 1. The number of carboxylic acid groups (broad SMARTS) is 1. The number of nitrogens with zero attached hydrogens (tertiary/aromatic N) is 4. The SMILES string of the molecule is COc1ccc2nccc(CCC[C@@H]3CCN(CCCSc4cncn4C)C[C@@H]3CC(=O)O)c2c1. The molecule has 1 saturated heterocycles. The standard InChI is InChI=1S/C27H36N4O3S/c1-30-19-28-17-26(30)35-14-4-12-31-13-10-20(22(18-31)15-27(32)33)5-3-6-21-9-11-29-25-8-7-23(34-2)16-24(21)25/h7-9,11,16-17,19-20,22H,3-6,10,12-15,18H2,1-2H3,(H,32,33)/t20-,22+/m1/s1. The van der Waals surface area contributed by atoms with Crippen molar-refractivity contribution < 1.29 is 14.6 Å². The van der Waals surface area contributed by atoms with Gasteiger partial charge in [-0.2, -0.15) is 0 Å². The van der Waals surface area contributed by atoms with Crippen molar-refractivity contribution in [3.8, 4) is 5.75 Å². The Morgan fingerprint density at radius 2 is 2.14 bits per heavy atom. The molecule has 35 heavy (non-hydrogen) atoms. The van der Waals surface area contributed by atoms with Crippen LogP contribution in [0.5, 0.6) is 5.75 Å². The van der Waals surface area contributed by atoms with Crippen molar-refractivity contribution in [3.05, 3.63) is 48.5 Å². The van der Waals surface area contributed by atoms with Crippen molar-refractivity contribution in [2.45, 2.75) is 43.6 Å². The highest BCUT2D eigenvalue weighted by molar-refractivity contribution is 7.99. The maximum Gasteiger partial charge on any atom is 0.303 e. The highest BCUT2D eigenvalue weighted by Crippen LogP contribution is 2.32. The third kappa shape index (κ3) is 6.98. The highest BCUT2D eigenvalue weighted by Gasteiger charge is 2.30. The van der Waals surface area contributed by atoms with E-state index in [2.05, 4.69) is 27.0 Å². The average Bonchev–Trinajstić information content (AvgIpc) is 3.27. The van der Waals surface area contributed by atoms with E-state index in [0.717, 1.165) is 74.1 Å². The number of imidazole rings is 1. The number of rotatable bonds is 12. The van der Waals surface area contributed by atoms with Crippen molar-refractivity contribution in [2.24, 2.45) is 18.9 Å². The molecule has 2 aromatic heterocycles. The highest BCUT2D eigenvalue weighted by atomic mass is 32.2. The predicted molar refractivity (Wildman–Crippen MR) is 140 cm³/mol. The van der Waals surface area contributed by atoms with Crippen LogP contribution in [-0.4, -0.2) is 63.0 Å². The maximum atomic E-state index is 11.6. The largest absolute Gasteiger partial charge is 0.497 e. The first-order valence-corrected chi connectivity index (χ1v) is 13.5. The molecule has 0 radical (unpaired) electrons. The molecule has 188 valence electrons. The minimum Gasteiger partial charge on any atom is -0.497 e. The van der Waals surface area contributed by atoms with Crippen LogP contribution in [0.1, 0.15) is 37.7 Å². The van der Waals surface area contributed by atoms with Crippen LogP contribution < -0.4 is 4.74 Å². The second-order valence-electron chi connectivity index (χ2n) is 9.50. The Bertz CT molecular complexity index is 1120. The quantitative estimate of drug-likeness (QED) is 0.282. The Morgan fingerprint density at radius 1 is 1.26 bits per heavy atom. The van der Waals surface area contributed by atoms with Gasteiger partial charge in [0.25, 0.3) is 0 Å². The number of aryl methyl sites for hydroxylation is 2. The molecule has 1 aromatic carbocycles. The second-order valence-corrected chi connectivity index (χ2v) is 10.6. The number of fused-ring (bicyclic) bond motifs is 1. The molecule has 0 saturated carbocycles. The summed E-state index contributed by atoms with van der Waals surface area (Å²) in [5, 5.41) is 11.9. The van der Waals surface area contributed by atoms with Crippen LogP contribution in [-0.2, 0) is 18.3 Å². The van der Waals surface area contributed by atoms with Crippen LogP contribution in [0.2, 0.25) is 0 Å². The number of aliphatic carboxylic acids is 1. The van der Waals surface area contributed by atoms with Crippen molar-refractivity contribution >= 4 is 28.6 Å². The van der Waals surface area contributed by atoms with Gasteiger partial charge in [-0.1, -0.05) is 0 Å². The van der Waals surface area contributed by atoms with Crippen LogP contribution in [0.25, 0.3) is 10.9 Å². The van der Waals surface area contributed by atoms with E-state index in [1.165, 1.54) is 10.6 Å². The van der Waals surface area contributed by atoms with E-state index in [4.69, 9.17) is 4.74 Å². The van der Waals surface area contributed by atoms with Gasteiger partial charge in [0, 0.05) is 37.3 Å². The number of methoxy groups -OCH3 is 1. The summed E-state index contributed by atoms with van der Waals surface area (Å²) in [4.78, 5) is 22.7. The second kappa shape index (κ2) is 12.4. The summed E-state index contributed by atoms with van der Waals surface area (Å²) in [5.74, 6) is 1.91. The average molecular weight is 497 g/mol. The monoisotopic (exact) mass is 496 g/mol. The summed E-state index contributed by atoms with van der Waals surface area (Å²) in [6.07, 6.45) is 11.1. The van der Waals surface area contributed by atoms with Gasteiger partial charge < -0.3 is 19.3 Å². The van der Waals surface area contributed by atoms with Gasteiger partial charge in [0.15, 0.2) is 0 Å². The molecular formula is C27H36N4O3S. The zero-order chi connectivity index (χ0) is 24.6. The van der Waals surface area contributed by atoms with Crippen LogP contribution in [0.3, 0.4) is 0 Å². The van der Waals surface area contributed by atoms with E-state index in [1.54, 1.807) is 7.11 Å². The molecule has 0 spiro atoms. The van der Waals surface area contributed by atoms with Crippen molar-refractivity contribution in [3.63, 3.8) is 0 Å². The number of hydrogen-bond acceptors (Lipinski definition) is 6. The van der Waals surface area contributed by atoms with Gasteiger partial charge in [0.1, 0.15) is 5.75 Å². The van der Waals surface area contributed by atoms with E-state index < -0.39 is 5.97 Å². The van der Waals surface area contributed by atoms with Gasteiger partial charge in [0.2, 0.25) is 0 Å². The van der Waals surface area contributed by atoms with E-state index in [-0.39, 0.29) is 12.3 Å². The van der Waals surface area contributed by atoms with Crippen LogP contribution in [0.4, 0.5) is 0 Å². The minimum absolute atomic E-state index is 0.222. The predicted octanol–water partition coefficient (Wildman–Crippen LogP) is 4.89. The molecular weight excluding hydrogens is 460 g/mol. The summed E-state index contributed by atoms with van der Waals surface area (Å²) >= 11 is 1.83. The van der Waals surface area contributed by atoms with Gasteiger partial charge >= 0.3 is 5.97 Å². The molecule has 1 aliphatic rings. The van der Waals surface area contributed by atoms with Gasteiger partial charge in [-0.25, -0.2) is 4.98 Å². The number of carboxylic acids is 1. The molecule has 0 aliphatic carbocycles. The lowest BCUT2D eigenvalue weighted by Crippen LogP contribution is -2.41. The van der Waals surface area contributed by atoms with E-state index in [9.17, 15) is 9.90 Å². The van der Waals surface area contributed by atoms with Gasteiger partial charge in [-0.15, -0.1) is 11.8 Å². The summed E-state index contributed by atoms with van der Waals surface area (Å²) in [7, 11) is 3.70. The smallest absolute Gasteiger partial charge is 0.303 e. The third-order valence-corrected chi connectivity index (χ3v) is 8.30. The van der Waals surface area contributed by atoms with E-state index >= 15 is 0 Å². The number of benzene rings is 1. The zero-order valence-corrected chi connectivity index (χ0v) is 21.5. The number of ether oxygens (including phenoxy) is 1. The van der Waals surface area contributed by atoms with Crippen molar-refractivity contribution in [1.29, 1.82) is 0 Å². The number of aromatic nitrogens is 3. The Balaban J connectivity index is 1.28. The zero-order valence-electron chi connectivity index (χ0n) is 20.7. The summed E-state index contributed by atoms with van der Waals surface area (Å²) < 4.78 is 7.45.